The van der Waals surface area contributed by atoms with E-state index in [1.165, 1.54) is 26.6 Å². The molecule has 0 saturated carbocycles. The number of hydrogen-bond acceptors (Lipinski definition) is 13. The third-order valence-corrected chi connectivity index (χ3v) is 14.8. The minimum atomic E-state index is -0.996. The molecule has 3 aliphatic heterocycles. The number of amides is 2. The number of fused-ring (bicyclic) bond motifs is 3. The van der Waals surface area contributed by atoms with Gasteiger partial charge in [0, 0.05) is 122 Å². The average Bonchev–Trinajstić information content (AvgIpc) is 3.69. The van der Waals surface area contributed by atoms with E-state index in [4.69, 9.17) is 10.7 Å². The van der Waals surface area contributed by atoms with Gasteiger partial charge in [0.15, 0.2) is 5.82 Å². The summed E-state index contributed by atoms with van der Waals surface area (Å²) in [5, 5.41) is 24.6. The average molecular weight is 899 g/mol. The summed E-state index contributed by atoms with van der Waals surface area (Å²) in [6.07, 6.45) is 15.2. The molecule has 9 rings (SSSR count). The number of aromatic nitrogens is 4. The number of primary amides is 1. The molecule has 5 N–H and O–H groups in total. The van der Waals surface area contributed by atoms with Crippen molar-refractivity contribution >= 4 is 57.9 Å². The second-order valence-corrected chi connectivity index (χ2v) is 19.4. The van der Waals surface area contributed by atoms with E-state index in [9.17, 15) is 24.6 Å². The van der Waals surface area contributed by atoms with Crippen molar-refractivity contribution in [2.45, 2.75) is 90.0 Å². The summed E-state index contributed by atoms with van der Waals surface area (Å²) in [6, 6.07) is 12.2. The van der Waals surface area contributed by atoms with Crippen LogP contribution in [0.2, 0.25) is 0 Å². The Kier molecular flexibility index (Phi) is 12.4. The third kappa shape index (κ3) is 8.92. The zero-order valence-electron chi connectivity index (χ0n) is 37.6. The summed E-state index contributed by atoms with van der Waals surface area (Å²) in [7, 11) is 1.65. The first kappa shape index (κ1) is 44.3. The van der Waals surface area contributed by atoms with Crippen LogP contribution in [0, 0.1) is 0 Å². The van der Waals surface area contributed by atoms with E-state index >= 15 is 0 Å². The molecule has 4 aromatic heterocycles. The van der Waals surface area contributed by atoms with Crippen molar-refractivity contribution in [3.05, 3.63) is 109 Å². The first-order chi connectivity index (χ1) is 31.3. The molecule has 1 aliphatic carbocycles. The summed E-state index contributed by atoms with van der Waals surface area (Å²) in [5.74, 6) is -0.199. The molecular weight excluding hydrogens is 841 g/mol. The van der Waals surface area contributed by atoms with Crippen LogP contribution in [0.5, 0.6) is 0 Å². The number of nitrogens with zero attached hydrogens (tertiary/aromatic N) is 8. The Hall–Kier alpha value is -5.94. The lowest BCUT2D eigenvalue weighted by atomic mass is 9.92. The topological polar surface area (TPSA) is 186 Å². The van der Waals surface area contributed by atoms with Crippen LogP contribution in [0.15, 0.2) is 65.9 Å². The van der Waals surface area contributed by atoms with Crippen molar-refractivity contribution < 1.29 is 19.8 Å². The number of nitrogens with two attached hydrogens (primary N) is 1. The zero-order chi connectivity index (χ0) is 45.6. The van der Waals surface area contributed by atoms with Crippen LogP contribution in [0.3, 0.4) is 0 Å². The van der Waals surface area contributed by atoms with Gasteiger partial charge in [0.2, 0.25) is 5.91 Å². The van der Waals surface area contributed by atoms with E-state index in [2.05, 4.69) is 36.9 Å². The molecule has 0 radical (unpaired) electrons. The minimum Gasteiger partial charge on any atom is -0.392 e. The highest BCUT2D eigenvalue weighted by Gasteiger charge is 2.35. The maximum Gasteiger partial charge on any atom is 0.293 e. The standard InChI is InChI=1S/C49H58N10O5S/c1-30-27-57(33-15-20-56(21-16-33)34-13-18-51-42(26-34)49(2,3)64)23-24-58(30)40-11-10-32(25-31(40)9-12-43(50)61)53-45-48(63)55(4)28-39(54-45)35-14-19-52-46(38(35)29-60)59-22-17-37-36-7-5-6-8-41(36)65-44(37)47(59)62/h9-14,18-19,25-26,28,30,33,60,64H,5-8,15-17,20-24,27,29H2,1-4H3,(H2,50,61)(H,53,54)/t30-/m0/s1. The number of carbonyl (C=O) groups excluding carboxylic acids is 2. The number of hydrogen-bond donors (Lipinski definition) is 4. The van der Waals surface area contributed by atoms with E-state index in [1.807, 2.05) is 30.3 Å². The van der Waals surface area contributed by atoms with E-state index < -0.39 is 11.5 Å². The molecule has 1 atom stereocenters. The molecule has 5 aromatic rings. The summed E-state index contributed by atoms with van der Waals surface area (Å²) >= 11 is 1.60. The normalized spacial score (nSPS) is 18.6. The van der Waals surface area contributed by atoms with Crippen molar-refractivity contribution in [1.82, 2.24) is 24.4 Å². The number of anilines is 5. The van der Waals surface area contributed by atoms with Crippen LogP contribution < -0.4 is 31.3 Å². The number of benzene rings is 1. The van der Waals surface area contributed by atoms with Crippen LogP contribution in [0.4, 0.5) is 28.7 Å². The molecule has 0 spiro atoms. The van der Waals surface area contributed by atoms with Gasteiger partial charge in [0.1, 0.15) is 11.4 Å². The van der Waals surface area contributed by atoms with Crippen LogP contribution in [-0.4, -0.2) is 97.8 Å². The van der Waals surface area contributed by atoms with Gasteiger partial charge in [-0.2, -0.15) is 0 Å². The third-order valence-electron chi connectivity index (χ3n) is 13.5. The summed E-state index contributed by atoms with van der Waals surface area (Å²) in [5.41, 5.74) is 12.3. The largest absolute Gasteiger partial charge is 0.392 e. The van der Waals surface area contributed by atoms with Gasteiger partial charge in [0.05, 0.1) is 22.9 Å². The number of aryl methyl sites for hydroxylation is 2. The molecule has 4 aliphatic rings. The molecular formula is C49H58N10O5S. The summed E-state index contributed by atoms with van der Waals surface area (Å²) in [4.78, 5) is 64.6. The Labute approximate surface area is 383 Å². The van der Waals surface area contributed by atoms with Gasteiger partial charge in [-0.1, -0.05) is 0 Å². The maximum absolute atomic E-state index is 14.0. The highest BCUT2D eigenvalue weighted by Crippen LogP contribution is 2.40. The fraction of sp³-hybridized carbons (Fsp3) is 0.429. The number of rotatable bonds is 11. The zero-order valence-corrected chi connectivity index (χ0v) is 38.4. The van der Waals surface area contributed by atoms with Gasteiger partial charge in [-0.15, -0.1) is 11.3 Å². The fourth-order valence-corrected chi connectivity index (χ4v) is 11.5. The van der Waals surface area contributed by atoms with Crippen molar-refractivity contribution in [2.75, 3.05) is 59.3 Å². The Morgan fingerprint density at radius 1 is 0.985 bits per heavy atom. The fourth-order valence-electron chi connectivity index (χ4n) is 10.1. The summed E-state index contributed by atoms with van der Waals surface area (Å²) in [6.45, 7) is 10.2. The van der Waals surface area contributed by atoms with Gasteiger partial charge in [-0.25, -0.2) is 9.97 Å². The predicted molar refractivity (Wildman–Crippen MR) is 256 cm³/mol. The van der Waals surface area contributed by atoms with Gasteiger partial charge in [-0.05, 0) is 119 Å². The molecule has 1 aromatic carbocycles. The Bertz CT molecular complexity index is 2720. The lowest BCUT2D eigenvalue weighted by Gasteiger charge is -2.47. The SMILES string of the molecule is C[C@H]1CN(C2CCN(c3ccnc(C(C)(C)O)c3)CC2)CCN1c1ccc(Nc2nc(-c3ccnc(N4CCc5c(sc6c5CCCC6)C4=O)c3CO)cn(C)c2=O)cc1C=CC(N)=O. The molecule has 2 fully saturated rings. The van der Waals surface area contributed by atoms with Gasteiger partial charge < -0.3 is 35.6 Å². The second kappa shape index (κ2) is 18.1. The first-order valence-electron chi connectivity index (χ1n) is 22.7. The number of carbonyl (C=O) groups is 2. The predicted octanol–water partition coefficient (Wildman–Crippen LogP) is 5.52. The van der Waals surface area contributed by atoms with Crippen LogP contribution >= 0.6 is 11.3 Å². The molecule has 2 saturated heterocycles. The van der Waals surface area contributed by atoms with E-state index in [-0.39, 0.29) is 29.9 Å². The first-order valence-corrected chi connectivity index (χ1v) is 23.5. The van der Waals surface area contributed by atoms with E-state index in [1.54, 1.807) is 67.9 Å². The van der Waals surface area contributed by atoms with Crippen molar-refractivity contribution in [3.63, 3.8) is 0 Å². The molecule has 65 heavy (non-hydrogen) atoms. The minimum absolute atomic E-state index is 0.0716. The number of aliphatic hydroxyl groups is 2. The highest BCUT2D eigenvalue weighted by molar-refractivity contribution is 7.14. The molecule has 340 valence electrons. The maximum atomic E-state index is 14.0. The van der Waals surface area contributed by atoms with Crippen molar-refractivity contribution in [2.24, 2.45) is 12.8 Å². The molecule has 7 heterocycles. The number of piperazine rings is 1. The number of aliphatic hydroxyl groups excluding tert-OH is 1. The molecule has 16 heteroatoms. The van der Waals surface area contributed by atoms with E-state index in [0.29, 0.717) is 46.6 Å². The Morgan fingerprint density at radius 3 is 2.52 bits per heavy atom. The Balaban J connectivity index is 0.922. The number of thiophene rings is 1. The lowest BCUT2D eigenvalue weighted by molar-refractivity contribution is -0.113. The number of piperidine rings is 1. The number of nitrogens with one attached hydrogen (secondary N) is 1. The Morgan fingerprint density at radius 2 is 1.77 bits per heavy atom. The molecule has 0 bridgehead atoms. The molecule has 0 unspecified atom stereocenters. The number of pyridine rings is 2. The second-order valence-electron chi connectivity index (χ2n) is 18.3. The monoisotopic (exact) mass is 898 g/mol. The summed E-state index contributed by atoms with van der Waals surface area (Å²) < 4.78 is 1.44. The lowest BCUT2D eigenvalue weighted by Crippen LogP contribution is -2.57. The van der Waals surface area contributed by atoms with Crippen LogP contribution in [0.1, 0.15) is 89.0 Å². The van der Waals surface area contributed by atoms with Gasteiger partial charge >= 0.3 is 0 Å². The van der Waals surface area contributed by atoms with Crippen molar-refractivity contribution in [1.29, 1.82) is 0 Å². The van der Waals surface area contributed by atoms with Crippen LogP contribution in [0.25, 0.3) is 17.3 Å². The van der Waals surface area contributed by atoms with E-state index in [0.717, 1.165) is 99.5 Å². The van der Waals surface area contributed by atoms with Crippen molar-refractivity contribution in [3.8, 4) is 11.3 Å². The molecule has 2 amide bonds. The highest BCUT2D eigenvalue weighted by atomic mass is 32.1. The van der Waals surface area contributed by atoms with Gasteiger partial charge in [-0.3, -0.25) is 29.2 Å². The van der Waals surface area contributed by atoms with Crippen LogP contribution in [-0.2, 0) is 43.3 Å². The van der Waals surface area contributed by atoms with Gasteiger partial charge in [0.25, 0.3) is 11.5 Å². The smallest absolute Gasteiger partial charge is 0.293 e. The quantitative estimate of drug-likeness (QED) is 0.122. The molecule has 15 nitrogen and oxygen atoms in total.